The molecule has 0 unspecified atom stereocenters. The predicted molar refractivity (Wildman–Crippen MR) is 93.0 cm³/mol. The number of H-pyrrole nitrogens is 1. The van der Waals surface area contributed by atoms with Gasteiger partial charge in [-0.2, -0.15) is 13.2 Å². The average Bonchev–Trinajstić information content (AvgIpc) is 2.62. The first-order valence-electron chi connectivity index (χ1n) is 7.78. The second-order valence-electron chi connectivity index (χ2n) is 5.70. The van der Waals surface area contributed by atoms with Crippen molar-refractivity contribution in [2.45, 2.75) is 6.18 Å². The van der Waals surface area contributed by atoms with E-state index < -0.39 is 34.9 Å². The molecule has 0 aliphatic carbocycles. The highest BCUT2D eigenvalue weighted by atomic mass is 19.4. The number of fused-ring (bicyclic) bond motifs is 1. The number of halogens is 3. The number of para-hydroxylation sites is 1. The van der Waals surface area contributed by atoms with E-state index in [9.17, 15) is 32.7 Å². The minimum absolute atomic E-state index is 0.208. The van der Waals surface area contributed by atoms with Crippen LogP contribution in [-0.4, -0.2) is 17.0 Å². The Bertz CT molecular complexity index is 1140. The number of carbonyl (C=O) groups is 2. The second kappa shape index (κ2) is 7.06. The molecule has 0 atom stereocenters. The van der Waals surface area contributed by atoms with E-state index in [1.54, 1.807) is 23.5 Å². The largest absolute Gasteiger partial charge is 0.530 e. The van der Waals surface area contributed by atoms with Crippen molar-refractivity contribution in [1.82, 2.24) is 4.98 Å². The molecule has 1 heterocycles. The van der Waals surface area contributed by atoms with Gasteiger partial charge in [0.1, 0.15) is 11.7 Å². The molecule has 0 saturated carbocycles. The molecule has 2 amide bonds. The molecule has 0 fully saturated rings. The third-order valence-electron chi connectivity index (χ3n) is 3.85. The number of hydrogen-bond acceptors (Lipinski definition) is 4. The van der Waals surface area contributed by atoms with E-state index in [4.69, 9.17) is 0 Å². The number of rotatable bonds is 3. The summed E-state index contributed by atoms with van der Waals surface area (Å²) in [4.78, 5) is 38.1. The molecule has 28 heavy (non-hydrogen) atoms. The van der Waals surface area contributed by atoms with E-state index in [-0.39, 0.29) is 16.6 Å². The number of nitrogens with one attached hydrogen (secondary N) is 3. The monoisotopic (exact) mass is 390 g/mol. The zero-order chi connectivity index (χ0) is 20.5. The number of pyridine rings is 1. The molecule has 1 aromatic heterocycles. The van der Waals surface area contributed by atoms with E-state index in [1.165, 1.54) is 6.07 Å². The molecular formula is C18H11F3N3O4-. The Balaban J connectivity index is 1.99. The van der Waals surface area contributed by atoms with Gasteiger partial charge in [0.25, 0.3) is 5.91 Å². The number of alkyl halides is 3. The maximum absolute atomic E-state index is 13.3. The summed E-state index contributed by atoms with van der Waals surface area (Å²) in [6.45, 7) is 0. The third-order valence-corrected chi connectivity index (χ3v) is 3.85. The zero-order valence-corrected chi connectivity index (χ0v) is 13.9. The van der Waals surface area contributed by atoms with Gasteiger partial charge < -0.3 is 25.5 Å². The Morgan fingerprint density at radius 1 is 1.04 bits per heavy atom. The van der Waals surface area contributed by atoms with Gasteiger partial charge in [-0.05, 0) is 30.3 Å². The molecule has 0 aliphatic rings. The lowest BCUT2D eigenvalue weighted by molar-refractivity contribution is -0.242. The summed E-state index contributed by atoms with van der Waals surface area (Å²) in [6.07, 6.45) is -5.56. The molecule has 7 nitrogen and oxygen atoms in total. The Morgan fingerprint density at radius 2 is 1.75 bits per heavy atom. The number of benzene rings is 2. The van der Waals surface area contributed by atoms with E-state index in [1.807, 2.05) is 5.32 Å². The Labute approximate surface area is 154 Å². The van der Waals surface area contributed by atoms with Crippen molar-refractivity contribution in [1.29, 1.82) is 0 Å². The smallest absolute Gasteiger partial charge is 0.418 e. The molecule has 0 saturated heterocycles. The normalized spacial score (nSPS) is 11.2. The van der Waals surface area contributed by atoms with Crippen LogP contribution in [0, 0.1) is 0 Å². The number of carbonyl (C=O) groups excluding carboxylic acids is 2. The minimum Gasteiger partial charge on any atom is -0.530 e. The highest BCUT2D eigenvalue weighted by Crippen LogP contribution is 2.36. The number of amides is 2. The molecule has 2 aromatic carbocycles. The van der Waals surface area contributed by atoms with Gasteiger partial charge in [0, 0.05) is 22.8 Å². The lowest BCUT2D eigenvalue weighted by atomic mass is 10.1. The molecule has 144 valence electrons. The molecule has 0 spiro atoms. The molecule has 3 rings (SSSR count). The highest BCUT2D eigenvalue weighted by Gasteiger charge is 2.34. The van der Waals surface area contributed by atoms with Gasteiger partial charge in [-0.15, -0.1) is 0 Å². The molecule has 0 radical (unpaired) electrons. The standard InChI is InChI=1S/C18H12F3N3O4/c19-18(20,21)12-7-9(23-17(27)28)5-6-14(12)24-16(26)11-8-22-13-4-2-1-3-10(13)15(11)25/h1-8,23H,(H,22,25)(H,24,26)(H,27,28)/p-1. The molecule has 3 N–H and O–H groups in total. The molecular weight excluding hydrogens is 379 g/mol. The number of aromatic amines is 1. The summed E-state index contributed by atoms with van der Waals surface area (Å²) in [5.74, 6) is -1.04. The van der Waals surface area contributed by atoms with E-state index in [2.05, 4.69) is 4.98 Å². The van der Waals surface area contributed by atoms with Crippen molar-refractivity contribution >= 4 is 34.3 Å². The minimum atomic E-state index is -4.89. The van der Waals surface area contributed by atoms with Gasteiger partial charge in [0.2, 0.25) is 5.43 Å². The van der Waals surface area contributed by atoms with Gasteiger partial charge in [-0.25, -0.2) is 0 Å². The fourth-order valence-corrected chi connectivity index (χ4v) is 2.61. The van der Waals surface area contributed by atoms with Crippen LogP contribution in [0.15, 0.2) is 53.5 Å². The van der Waals surface area contributed by atoms with Gasteiger partial charge in [0.15, 0.2) is 0 Å². The van der Waals surface area contributed by atoms with Crippen LogP contribution in [-0.2, 0) is 6.18 Å². The first-order valence-corrected chi connectivity index (χ1v) is 7.78. The van der Waals surface area contributed by atoms with E-state index >= 15 is 0 Å². The number of hydrogen-bond donors (Lipinski definition) is 3. The number of aromatic nitrogens is 1. The Kier molecular flexibility index (Phi) is 4.78. The summed E-state index contributed by atoms with van der Waals surface area (Å²) < 4.78 is 39.9. The Hall–Kier alpha value is -3.82. The zero-order valence-electron chi connectivity index (χ0n) is 13.9. The first kappa shape index (κ1) is 19.0. The lowest BCUT2D eigenvalue weighted by Crippen LogP contribution is -2.29. The maximum atomic E-state index is 13.3. The van der Waals surface area contributed by atoms with Gasteiger partial charge in [0.05, 0.1) is 11.3 Å². The van der Waals surface area contributed by atoms with Crippen molar-refractivity contribution in [3.63, 3.8) is 0 Å². The van der Waals surface area contributed by atoms with Crippen molar-refractivity contribution in [3.8, 4) is 0 Å². The summed E-state index contributed by atoms with van der Waals surface area (Å²) in [5, 5.41) is 14.5. The highest BCUT2D eigenvalue weighted by molar-refractivity contribution is 6.06. The number of anilines is 2. The van der Waals surface area contributed by atoms with Crippen LogP contribution >= 0.6 is 0 Å². The van der Waals surface area contributed by atoms with Crippen LogP contribution in [0.4, 0.5) is 29.3 Å². The second-order valence-corrected chi connectivity index (χ2v) is 5.70. The fraction of sp³-hybridized carbons (Fsp3) is 0.0556. The Morgan fingerprint density at radius 3 is 2.43 bits per heavy atom. The van der Waals surface area contributed by atoms with Crippen LogP contribution in [0.3, 0.4) is 0 Å². The molecule has 0 aliphatic heterocycles. The predicted octanol–water partition coefficient (Wildman–Crippen LogP) is 2.55. The van der Waals surface area contributed by atoms with E-state index in [0.29, 0.717) is 11.6 Å². The fourth-order valence-electron chi connectivity index (χ4n) is 2.61. The van der Waals surface area contributed by atoms with Crippen molar-refractivity contribution < 1.29 is 27.9 Å². The van der Waals surface area contributed by atoms with Crippen molar-refractivity contribution in [2.75, 3.05) is 10.6 Å². The molecule has 0 bridgehead atoms. The van der Waals surface area contributed by atoms with Crippen molar-refractivity contribution in [3.05, 3.63) is 70.0 Å². The SMILES string of the molecule is O=C([O-])Nc1ccc(NC(=O)c2c[nH]c3ccccc3c2=O)c(C(F)(F)F)c1. The molecule has 10 heteroatoms. The molecule has 3 aromatic rings. The summed E-state index contributed by atoms with van der Waals surface area (Å²) >= 11 is 0. The topological polar surface area (TPSA) is 114 Å². The number of carboxylic acid groups (broad SMARTS) is 1. The summed E-state index contributed by atoms with van der Waals surface area (Å²) in [7, 11) is 0. The van der Waals surface area contributed by atoms with Crippen LogP contribution in [0.25, 0.3) is 10.9 Å². The van der Waals surface area contributed by atoms with Gasteiger partial charge >= 0.3 is 6.18 Å². The van der Waals surface area contributed by atoms with Crippen LogP contribution in [0.1, 0.15) is 15.9 Å². The summed E-state index contributed by atoms with van der Waals surface area (Å²) in [5.41, 5.74) is -2.84. The lowest BCUT2D eigenvalue weighted by Gasteiger charge is -2.16. The van der Waals surface area contributed by atoms with Gasteiger partial charge in [-0.3, -0.25) is 9.59 Å². The van der Waals surface area contributed by atoms with Crippen LogP contribution in [0.5, 0.6) is 0 Å². The van der Waals surface area contributed by atoms with Crippen LogP contribution in [0.2, 0.25) is 0 Å². The van der Waals surface area contributed by atoms with Gasteiger partial charge in [-0.1, -0.05) is 12.1 Å². The quantitative estimate of drug-likeness (QED) is 0.638. The van der Waals surface area contributed by atoms with E-state index in [0.717, 1.165) is 18.3 Å². The maximum Gasteiger partial charge on any atom is 0.418 e. The van der Waals surface area contributed by atoms with Crippen LogP contribution < -0.4 is 21.2 Å². The van der Waals surface area contributed by atoms with Crippen molar-refractivity contribution in [2.24, 2.45) is 0 Å². The third kappa shape index (κ3) is 3.80. The summed E-state index contributed by atoms with van der Waals surface area (Å²) in [6, 6.07) is 8.76. The average molecular weight is 390 g/mol. The first-order chi connectivity index (χ1) is 13.2.